The number of rotatable bonds is 7. The molecular formula is C22H28N2O2. The second-order valence-electron chi connectivity index (χ2n) is 7.15. The van der Waals surface area contributed by atoms with Gasteiger partial charge in [-0.1, -0.05) is 56.3 Å². The summed E-state index contributed by atoms with van der Waals surface area (Å²) in [6, 6.07) is 19.0. The minimum Gasteiger partial charge on any atom is -0.445 e. The molecule has 0 radical (unpaired) electrons. The normalized spacial score (nSPS) is 19.9. The van der Waals surface area contributed by atoms with E-state index < -0.39 is 0 Å². The highest BCUT2D eigenvalue weighted by Gasteiger charge is 2.30. The summed E-state index contributed by atoms with van der Waals surface area (Å²) >= 11 is 0. The van der Waals surface area contributed by atoms with Gasteiger partial charge in [-0.2, -0.15) is 0 Å². The van der Waals surface area contributed by atoms with Gasteiger partial charge < -0.3 is 15.4 Å². The molecule has 2 aromatic carbocycles. The summed E-state index contributed by atoms with van der Waals surface area (Å²) in [5.74, 6) is 0.600. The van der Waals surface area contributed by atoms with Gasteiger partial charge in [0.25, 0.3) is 0 Å². The summed E-state index contributed by atoms with van der Waals surface area (Å²) in [5.41, 5.74) is 3.52. The molecule has 1 fully saturated rings. The van der Waals surface area contributed by atoms with Gasteiger partial charge in [-0.05, 0) is 48.4 Å². The predicted octanol–water partition coefficient (Wildman–Crippen LogP) is 5.07. The van der Waals surface area contributed by atoms with E-state index in [1.54, 1.807) is 0 Å². The van der Waals surface area contributed by atoms with Crippen LogP contribution in [0.1, 0.15) is 50.2 Å². The molecule has 0 aliphatic heterocycles. The molecule has 2 aromatic rings. The number of amides is 1. The number of alkyl carbamates (subject to hydrolysis) is 1. The van der Waals surface area contributed by atoms with Gasteiger partial charge in [-0.15, -0.1) is 0 Å². The fourth-order valence-electron chi connectivity index (χ4n) is 3.16. The van der Waals surface area contributed by atoms with Crippen molar-refractivity contribution in [2.75, 3.05) is 5.32 Å². The lowest BCUT2D eigenvalue weighted by Crippen LogP contribution is -2.49. The van der Waals surface area contributed by atoms with E-state index in [0.29, 0.717) is 18.6 Å². The van der Waals surface area contributed by atoms with Crippen LogP contribution in [0.25, 0.3) is 0 Å². The molecule has 0 bridgehead atoms. The van der Waals surface area contributed by atoms with Crippen LogP contribution in [0.2, 0.25) is 0 Å². The lowest BCUT2D eigenvalue weighted by atomic mass is 9.86. The fourth-order valence-corrected chi connectivity index (χ4v) is 3.16. The van der Waals surface area contributed by atoms with Gasteiger partial charge in [0, 0.05) is 17.8 Å². The van der Waals surface area contributed by atoms with E-state index in [0.717, 1.165) is 30.5 Å². The van der Waals surface area contributed by atoms with Gasteiger partial charge in [-0.25, -0.2) is 4.79 Å². The minimum atomic E-state index is -0.338. The molecule has 1 aliphatic rings. The molecular weight excluding hydrogens is 324 g/mol. The number of hydrogen-bond acceptors (Lipinski definition) is 3. The Hall–Kier alpha value is -2.49. The summed E-state index contributed by atoms with van der Waals surface area (Å²) in [5, 5.41) is 6.46. The monoisotopic (exact) mass is 352 g/mol. The van der Waals surface area contributed by atoms with E-state index >= 15 is 0 Å². The summed E-state index contributed by atoms with van der Waals surface area (Å²) < 4.78 is 5.26. The Kier molecular flexibility index (Phi) is 6.16. The molecule has 26 heavy (non-hydrogen) atoms. The molecule has 0 aromatic heterocycles. The highest BCUT2D eigenvalue weighted by atomic mass is 16.5. The van der Waals surface area contributed by atoms with Crippen LogP contribution in [-0.2, 0) is 11.3 Å². The number of benzene rings is 2. The highest BCUT2D eigenvalue weighted by Crippen LogP contribution is 2.26. The summed E-state index contributed by atoms with van der Waals surface area (Å²) in [4.78, 5) is 11.9. The third-order valence-corrected chi connectivity index (χ3v) is 5.14. The van der Waals surface area contributed by atoms with E-state index in [9.17, 15) is 4.79 Å². The van der Waals surface area contributed by atoms with E-state index in [1.165, 1.54) is 5.56 Å². The number of anilines is 1. The zero-order chi connectivity index (χ0) is 18.4. The number of carbonyl (C=O) groups excluding carboxylic acids is 1. The van der Waals surface area contributed by atoms with Crippen LogP contribution in [0.3, 0.4) is 0 Å². The molecule has 4 heteroatoms. The standard InChI is InChI=1S/C22H28N2O2/c1-3-16(2)18-9-11-19(12-10-18)23-20-13-21(14-20)24-22(25)26-15-17-7-5-4-6-8-17/h4-12,16,20-21,23H,3,13-15H2,1-2H3,(H,24,25). The quantitative estimate of drug-likeness (QED) is 0.731. The first-order chi connectivity index (χ1) is 12.6. The Morgan fingerprint density at radius 1 is 1.08 bits per heavy atom. The van der Waals surface area contributed by atoms with Crippen LogP contribution >= 0.6 is 0 Å². The average molecular weight is 352 g/mol. The van der Waals surface area contributed by atoms with Gasteiger partial charge >= 0.3 is 6.09 Å². The van der Waals surface area contributed by atoms with E-state index in [-0.39, 0.29) is 12.1 Å². The van der Waals surface area contributed by atoms with E-state index in [2.05, 4.69) is 48.7 Å². The summed E-state index contributed by atoms with van der Waals surface area (Å²) in [7, 11) is 0. The first-order valence-electron chi connectivity index (χ1n) is 9.47. The topological polar surface area (TPSA) is 50.4 Å². The molecule has 1 aliphatic carbocycles. The molecule has 1 unspecified atom stereocenters. The third-order valence-electron chi connectivity index (χ3n) is 5.14. The van der Waals surface area contributed by atoms with Crippen molar-refractivity contribution in [1.82, 2.24) is 5.32 Å². The van der Waals surface area contributed by atoms with Crippen LogP contribution in [0, 0.1) is 0 Å². The number of ether oxygens (including phenoxy) is 1. The molecule has 138 valence electrons. The zero-order valence-corrected chi connectivity index (χ0v) is 15.6. The van der Waals surface area contributed by atoms with Crippen LogP contribution in [-0.4, -0.2) is 18.2 Å². The smallest absolute Gasteiger partial charge is 0.407 e. The number of hydrogen-bond donors (Lipinski definition) is 2. The van der Waals surface area contributed by atoms with Gasteiger partial charge in [0.1, 0.15) is 6.61 Å². The second-order valence-corrected chi connectivity index (χ2v) is 7.15. The van der Waals surface area contributed by atoms with Crippen molar-refractivity contribution >= 4 is 11.8 Å². The molecule has 0 spiro atoms. The minimum absolute atomic E-state index is 0.190. The molecule has 3 rings (SSSR count). The lowest BCUT2D eigenvalue weighted by molar-refractivity contribution is 0.129. The molecule has 4 nitrogen and oxygen atoms in total. The number of nitrogens with one attached hydrogen (secondary N) is 2. The molecule has 1 atom stereocenters. The van der Waals surface area contributed by atoms with Gasteiger partial charge in [0.05, 0.1) is 0 Å². The Balaban J connectivity index is 1.35. The van der Waals surface area contributed by atoms with Crippen molar-refractivity contribution in [2.24, 2.45) is 0 Å². The lowest BCUT2D eigenvalue weighted by Gasteiger charge is -2.36. The Morgan fingerprint density at radius 2 is 1.77 bits per heavy atom. The van der Waals surface area contributed by atoms with E-state index in [4.69, 9.17) is 4.74 Å². The molecule has 1 saturated carbocycles. The van der Waals surface area contributed by atoms with Crippen molar-refractivity contribution in [3.63, 3.8) is 0 Å². The third kappa shape index (κ3) is 5.01. The zero-order valence-electron chi connectivity index (χ0n) is 15.6. The molecule has 0 heterocycles. The van der Waals surface area contributed by atoms with Crippen LogP contribution in [0.5, 0.6) is 0 Å². The second kappa shape index (κ2) is 8.75. The Morgan fingerprint density at radius 3 is 2.42 bits per heavy atom. The van der Waals surface area contributed by atoms with Crippen LogP contribution in [0.15, 0.2) is 54.6 Å². The maximum Gasteiger partial charge on any atom is 0.407 e. The van der Waals surface area contributed by atoms with Crippen molar-refractivity contribution < 1.29 is 9.53 Å². The molecule has 0 saturated heterocycles. The Bertz CT molecular complexity index is 694. The highest BCUT2D eigenvalue weighted by molar-refractivity contribution is 5.67. The van der Waals surface area contributed by atoms with Gasteiger partial charge in [0.2, 0.25) is 0 Å². The SMILES string of the molecule is CCC(C)c1ccc(NC2CC(NC(=O)OCc3ccccc3)C2)cc1. The first-order valence-corrected chi connectivity index (χ1v) is 9.47. The van der Waals surface area contributed by atoms with Crippen LogP contribution < -0.4 is 10.6 Å². The van der Waals surface area contributed by atoms with Crippen molar-refractivity contribution in [1.29, 1.82) is 0 Å². The average Bonchev–Trinajstić information content (AvgIpc) is 2.65. The maximum atomic E-state index is 11.9. The molecule has 1 amide bonds. The first kappa shape index (κ1) is 18.3. The summed E-state index contributed by atoms with van der Waals surface area (Å²) in [6.45, 7) is 4.77. The van der Waals surface area contributed by atoms with E-state index in [1.807, 2.05) is 30.3 Å². The van der Waals surface area contributed by atoms with Crippen molar-refractivity contribution in [3.05, 3.63) is 65.7 Å². The van der Waals surface area contributed by atoms with Gasteiger partial charge in [0.15, 0.2) is 0 Å². The Labute approximate surface area is 156 Å². The maximum absolute atomic E-state index is 11.9. The predicted molar refractivity (Wildman–Crippen MR) is 105 cm³/mol. The van der Waals surface area contributed by atoms with Gasteiger partial charge in [-0.3, -0.25) is 0 Å². The summed E-state index contributed by atoms with van der Waals surface area (Å²) in [6.07, 6.45) is 2.67. The van der Waals surface area contributed by atoms with Crippen molar-refractivity contribution in [2.45, 2.75) is 57.7 Å². The van der Waals surface area contributed by atoms with Crippen LogP contribution in [0.4, 0.5) is 10.5 Å². The fraction of sp³-hybridized carbons (Fsp3) is 0.409. The number of carbonyl (C=O) groups is 1. The largest absolute Gasteiger partial charge is 0.445 e. The van der Waals surface area contributed by atoms with Crippen molar-refractivity contribution in [3.8, 4) is 0 Å². The molecule has 2 N–H and O–H groups in total.